The Labute approximate surface area is 185 Å². The van der Waals surface area contributed by atoms with Crippen LogP contribution in [-0.4, -0.2) is 54.0 Å². The quantitative estimate of drug-likeness (QED) is 0.405. The van der Waals surface area contributed by atoms with E-state index >= 15 is 0 Å². The summed E-state index contributed by atoms with van der Waals surface area (Å²) >= 11 is 0. The molecule has 1 aliphatic carbocycles. The van der Waals surface area contributed by atoms with Crippen LogP contribution in [0.3, 0.4) is 0 Å². The lowest BCUT2D eigenvalue weighted by Gasteiger charge is -2.28. The van der Waals surface area contributed by atoms with E-state index < -0.39 is 12.1 Å². The molecule has 1 aliphatic heterocycles. The number of imide groups is 1. The van der Waals surface area contributed by atoms with E-state index in [1.807, 2.05) is 39.8 Å². The van der Waals surface area contributed by atoms with Gasteiger partial charge < -0.3 is 15.4 Å². The fourth-order valence-corrected chi connectivity index (χ4v) is 4.35. The normalized spacial score (nSPS) is 22.5. The van der Waals surface area contributed by atoms with Gasteiger partial charge in [0.2, 0.25) is 17.7 Å². The van der Waals surface area contributed by atoms with E-state index in [2.05, 4.69) is 10.6 Å². The molecular formula is C23H37N3O5. The Morgan fingerprint density at radius 3 is 2.06 bits per heavy atom. The first-order chi connectivity index (χ1) is 14.6. The zero-order chi connectivity index (χ0) is 23.1. The van der Waals surface area contributed by atoms with Gasteiger partial charge in [-0.2, -0.15) is 0 Å². The summed E-state index contributed by atoms with van der Waals surface area (Å²) < 4.78 is 4.96. The predicted molar refractivity (Wildman–Crippen MR) is 117 cm³/mol. The van der Waals surface area contributed by atoms with Crippen molar-refractivity contribution in [3.63, 3.8) is 0 Å². The van der Waals surface area contributed by atoms with Gasteiger partial charge in [-0.15, -0.1) is 0 Å². The summed E-state index contributed by atoms with van der Waals surface area (Å²) in [6.45, 7) is 10.2. The zero-order valence-corrected chi connectivity index (χ0v) is 19.3. The second-order valence-corrected chi connectivity index (χ2v) is 9.28. The first kappa shape index (κ1) is 24.9. The van der Waals surface area contributed by atoms with Crippen LogP contribution in [0.15, 0.2) is 12.2 Å². The molecule has 1 fully saturated rings. The van der Waals surface area contributed by atoms with Crippen molar-refractivity contribution in [3.05, 3.63) is 12.2 Å². The minimum atomic E-state index is -0.840. The third-order valence-electron chi connectivity index (χ3n) is 5.73. The molecule has 8 heteroatoms. The van der Waals surface area contributed by atoms with Crippen molar-refractivity contribution < 1.29 is 23.9 Å². The highest BCUT2D eigenvalue weighted by molar-refractivity contribution is 6.08. The summed E-state index contributed by atoms with van der Waals surface area (Å²) in [5.41, 5.74) is 0. The Balaban J connectivity index is 2.10. The van der Waals surface area contributed by atoms with Crippen LogP contribution in [-0.2, 0) is 19.1 Å². The smallest absolute Gasteiger partial charge is 0.407 e. The van der Waals surface area contributed by atoms with Crippen molar-refractivity contribution in [1.29, 1.82) is 0 Å². The molecule has 2 rings (SSSR count). The highest BCUT2D eigenvalue weighted by Gasteiger charge is 2.51. The molecule has 31 heavy (non-hydrogen) atoms. The van der Waals surface area contributed by atoms with Gasteiger partial charge in [-0.25, -0.2) is 4.79 Å². The molecule has 1 saturated heterocycles. The van der Waals surface area contributed by atoms with Crippen LogP contribution in [0.5, 0.6) is 0 Å². The second kappa shape index (κ2) is 11.3. The number of fused-ring (bicyclic) bond motifs is 1. The molecule has 0 aromatic carbocycles. The van der Waals surface area contributed by atoms with E-state index in [9.17, 15) is 19.2 Å². The molecule has 0 spiro atoms. The molecule has 2 N–H and O–H groups in total. The molecule has 0 saturated carbocycles. The van der Waals surface area contributed by atoms with Crippen LogP contribution in [0.4, 0.5) is 4.79 Å². The van der Waals surface area contributed by atoms with Crippen LogP contribution in [0.25, 0.3) is 0 Å². The van der Waals surface area contributed by atoms with Crippen LogP contribution < -0.4 is 10.6 Å². The largest absolute Gasteiger partial charge is 0.450 e. The number of amides is 4. The molecule has 4 unspecified atom stereocenters. The topological polar surface area (TPSA) is 105 Å². The number of hydrogen-bond donors (Lipinski definition) is 2. The summed E-state index contributed by atoms with van der Waals surface area (Å²) in [6.07, 6.45) is 5.49. The van der Waals surface area contributed by atoms with Crippen molar-refractivity contribution in [2.24, 2.45) is 23.7 Å². The van der Waals surface area contributed by atoms with Gasteiger partial charge in [0, 0.05) is 12.6 Å². The Morgan fingerprint density at radius 2 is 1.58 bits per heavy atom. The Morgan fingerprint density at radius 1 is 1.03 bits per heavy atom. The number of allylic oxidation sites excluding steroid dienone is 2. The molecule has 0 bridgehead atoms. The van der Waals surface area contributed by atoms with Gasteiger partial charge in [0.25, 0.3) is 0 Å². The molecule has 0 aromatic rings. The van der Waals surface area contributed by atoms with Crippen molar-refractivity contribution in [2.45, 2.75) is 72.4 Å². The maximum atomic E-state index is 13.1. The summed E-state index contributed by atoms with van der Waals surface area (Å²) in [7, 11) is 0. The average molecular weight is 436 g/mol. The number of likely N-dealkylation sites (tertiary alicyclic amines) is 1. The summed E-state index contributed by atoms with van der Waals surface area (Å²) in [5.74, 6) is -1.15. The predicted octanol–water partition coefficient (Wildman–Crippen LogP) is 2.63. The highest BCUT2D eigenvalue weighted by atomic mass is 16.5. The fourth-order valence-electron chi connectivity index (χ4n) is 4.35. The third-order valence-corrected chi connectivity index (χ3v) is 5.73. The number of carbonyl (C=O) groups is 4. The average Bonchev–Trinajstić information content (AvgIpc) is 2.94. The molecule has 0 aromatic heterocycles. The monoisotopic (exact) mass is 435 g/mol. The van der Waals surface area contributed by atoms with Gasteiger partial charge in [0.05, 0.1) is 18.4 Å². The SMILES string of the molecule is CCOC(=O)NC(CNC(=O)C(CC(C)C)N1C(=O)C2CC=CCC2C1=O)CC(C)C. The minimum absolute atomic E-state index is 0.126. The highest BCUT2D eigenvalue weighted by Crippen LogP contribution is 2.37. The van der Waals surface area contributed by atoms with E-state index in [-0.39, 0.29) is 54.7 Å². The number of carbonyl (C=O) groups excluding carboxylic acids is 4. The van der Waals surface area contributed by atoms with Gasteiger partial charge >= 0.3 is 6.09 Å². The van der Waals surface area contributed by atoms with E-state index in [0.29, 0.717) is 31.6 Å². The lowest BCUT2D eigenvalue weighted by molar-refractivity contribution is -0.148. The van der Waals surface area contributed by atoms with Gasteiger partial charge in [0.1, 0.15) is 6.04 Å². The maximum Gasteiger partial charge on any atom is 0.407 e. The maximum absolute atomic E-state index is 13.1. The van der Waals surface area contributed by atoms with E-state index in [1.54, 1.807) is 6.92 Å². The number of ether oxygens (including phenoxy) is 1. The van der Waals surface area contributed by atoms with Crippen molar-refractivity contribution in [3.8, 4) is 0 Å². The lowest BCUT2D eigenvalue weighted by atomic mass is 9.85. The number of rotatable bonds is 10. The first-order valence-corrected chi connectivity index (χ1v) is 11.4. The Bertz CT molecular complexity index is 677. The van der Waals surface area contributed by atoms with Crippen molar-refractivity contribution in [2.75, 3.05) is 13.2 Å². The van der Waals surface area contributed by atoms with Crippen LogP contribution >= 0.6 is 0 Å². The second-order valence-electron chi connectivity index (χ2n) is 9.28. The molecule has 4 atom stereocenters. The van der Waals surface area contributed by atoms with E-state index in [1.165, 1.54) is 4.90 Å². The molecule has 0 radical (unpaired) electrons. The standard InChI is InChI=1S/C23H37N3O5/c1-6-31-23(30)25-16(11-14(2)3)13-24-20(27)19(12-15(4)5)26-21(28)17-9-7-8-10-18(17)22(26)29/h7-8,14-19H,6,9-13H2,1-5H3,(H,24,27)(H,25,30). The van der Waals surface area contributed by atoms with E-state index in [4.69, 9.17) is 4.74 Å². The molecule has 4 amide bonds. The van der Waals surface area contributed by atoms with Gasteiger partial charge in [-0.1, -0.05) is 39.8 Å². The van der Waals surface area contributed by atoms with Crippen molar-refractivity contribution >= 4 is 23.8 Å². The third kappa shape index (κ3) is 6.55. The number of nitrogens with zero attached hydrogens (tertiary/aromatic N) is 1. The Kier molecular flexibility index (Phi) is 9.07. The van der Waals surface area contributed by atoms with Crippen LogP contribution in [0.2, 0.25) is 0 Å². The number of alkyl carbamates (subject to hydrolysis) is 1. The Hall–Kier alpha value is -2.38. The fraction of sp³-hybridized carbons (Fsp3) is 0.739. The van der Waals surface area contributed by atoms with Gasteiger partial charge in [-0.3, -0.25) is 19.3 Å². The lowest BCUT2D eigenvalue weighted by Crippen LogP contribution is -2.53. The molecule has 174 valence electrons. The summed E-state index contributed by atoms with van der Waals surface area (Å²) in [5, 5.41) is 5.65. The molecule has 2 aliphatic rings. The number of hydrogen-bond acceptors (Lipinski definition) is 5. The van der Waals surface area contributed by atoms with Gasteiger partial charge in [-0.05, 0) is 44.4 Å². The van der Waals surface area contributed by atoms with Crippen LogP contribution in [0.1, 0.15) is 60.3 Å². The van der Waals surface area contributed by atoms with E-state index in [0.717, 1.165) is 0 Å². The van der Waals surface area contributed by atoms with Crippen molar-refractivity contribution in [1.82, 2.24) is 15.5 Å². The minimum Gasteiger partial charge on any atom is -0.450 e. The zero-order valence-electron chi connectivity index (χ0n) is 19.3. The summed E-state index contributed by atoms with van der Waals surface area (Å²) in [6, 6.07) is -1.15. The number of nitrogens with one attached hydrogen (secondary N) is 2. The van der Waals surface area contributed by atoms with Gasteiger partial charge in [0.15, 0.2) is 0 Å². The molecule has 8 nitrogen and oxygen atoms in total. The molecular weight excluding hydrogens is 398 g/mol. The van der Waals surface area contributed by atoms with Crippen LogP contribution in [0, 0.1) is 23.7 Å². The first-order valence-electron chi connectivity index (χ1n) is 11.4. The summed E-state index contributed by atoms with van der Waals surface area (Å²) in [4.78, 5) is 52.2. The molecule has 1 heterocycles.